The van der Waals surface area contributed by atoms with Crippen molar-refractivity contribution < 1.29 is 9.21 Å². The molecule has 0 aromatic carbocycles. The van der Waals surface area contributed by atoms with E-state index in [-0.39, 0.29) is 11.8 Å². The van der Waals surface area contributed by atoms with Crippen LogP contribution in [-0.4, -0.2) is 5.91 Å². The van der Waals surface area contributed by atoms with Gasteiger partial charge in [0.1, 0.15) is 11.5 Å². The fourth-order valence-electron chi connectivity index (χ4n) is 1.41. The number of hydrogen-bond donors (Lipinski definition) is 1. The van der Waals surface area contributed by atoms with E-state index in [4.69, 9.17) is 4.42 Å². The van der Waals surface area contributed by atoms with Crippen LogP contribution in [0.3, 0.4) is 0 Å². The average Bonchev–Trinajstić information content (AvgIpc) is 2.95. The Balaban J connectivity index is 1.97. The summed E-state index contributed by atoms with van der Waals surface area (Å²) in [5, 5.41) is 6.88. The van der Waals surface area contributed by atoms with E-state index in [1.807, 2.05) is 42.8 Å². The van der Waals surface area contributed by atoms with Gasteiger partial charge in [-0.2, -0.15) is 11.3 Å². The normalized spacial score (nSPS) is 10.8. The lowest BCUT2D eigenvalue weighted by Gasteiger charge is -2.05. The highest BCUT2D eigenvalue weighted by Crippen LogP contribution is 2.24. The maximum Gasteiger partial charge on any atom is 0.222 e. The third-order valence-electron chi connectivity index (χ3n) is 2.43. The van der Waals surface area contributed by atoms with Crippen molar-refractivity contribution in [3.8, 4) is 11.3 Å². The second-order valence-electron chi connectivity index (χ2n) is 4.15. The number of carbonyl (C=O) groups excluding carboxylic acids is 1. The highest BCUT2D eigenvalue weighted by molar-refractivity contribution is 7.08. The molecule has 17 heavy (non-hydrogen) atoms. The maximum atomic E-state index is 11.4. The molecule has 0 radical (unpaired) electrons. The summed E-state index contributed by atoms with van der Waals surface area (Å²) in [4.78, 5) is 11.4. The van der Waals surface area contributed by atoms with Gasteiger partial charge in [-0.1, -0.05) is 13.8 Å². The molecule has 3 nitrogen and oxygen atoms in total. The molecule has 0 aliphatic rings. The van der Waals surface area contributed by atoms with E-state index in [2.05, 4.69) is 5.32 Å². The number of thiophene rings is 1. The lowest BCUT2D eigenvalue weighted by Crippen LogP contribution is -2.26. The molecular formula is C13H15NO2S. The second-order valence-corrected chi connectivity index (χ2v) is 4.93. The molecule has 0 spiro atoms. The minimum absolute atomic E-state index is 0.00121. The molecule has 0 fully saturated rings. The zero-order chi connectivity index (χ0) is 12.3. The molecule has 4 heteroatoms. The number of carbonyl (C=O) groups is 1. The first-order valence-electron chi connectivity index (χ1n) is 5.56. The van der Waals surface area contributed by atoms with Crippen LogP contribution in [0.5, 0.6) is 0 Å². The first kappa shape index (κ1) is 11.9. The Bertz CT molecular complexity index is 485. The van der Waals surface area contributed by atoms with Gasteiger partial charge in [-0.25, -0.2) is 0 Å². The SMILES string of the molecule is CC(C)C(=O)NCc1ccc(-c2ccsc2)o1. The average molecular weight is 249 g/mol. The predicted molar refractivity (Wildman–Crippen MR) is 68.7 cm³/mol. The number of furan rings is 1. The number of rotatable bonds is 4. The molecule has 2 heterocycles. The lowest BCUT2D eigenvalue weighted by molar-refractivity contribution is -0.124. The number of amides is 1. The third kappa shape index (κ3) is 2.97. The summed E-state index contributed by atoms with van der Waals surface area (Å²) in [6.07, 6.45) is 0. The van der Waals surface area contributed by atoms with Crippen molar-refractivity contribution in [2.24, 2.45) is 5.92 Å². The minimum atomic E-state index is 0.00121. The zero-order valence-electron chi connectivity index (χ0n) is 9.90. The number of nitrogens with one attached hydrogen (secondary N) is 1. The van der Waals surface area contributed by atoms with Gasteiger partial charge in [-0.05, 0) is 23.6 Å². The first-order valence-corrected chi connectivity index (χ1v) is 6.50. The maximum absolute atomic E-state index is 11.4. The predicted octanol–water partition coefficient (Wildman–Crippen LogP) is 3.28. The zero-order valence-corrected chi connectivity index (χ0v) is 10.7. The van der Waals surface area contributed by atoms with Crippen LogP contribution >= 0.6 is 11.3 Å². The van der Waals surface area contributed by atoms with Gasteiger partial charge in [-0.15, -0.1) is 0 Å². The highest BCUT2D eigenvalue weighted by atomic mass is 32.1. The van der Waals surface area contributed by atoms with Gasteiger partial charge in [0, 0.05) is 16.9 Å². The summed E-state index contributed by atoms with van der Waals surface area (Å²) >= 11 is 1.64. The summed E-state index contributed by atoms with van der Waals surface area (Å²) in [5.74, 6) is 1.67. The van der Waals surface area contributed by atoms with Crippen molar-refractivity contribution in [2.75, 3.05) is 0 Å². The molecule has 2 rings (SSSR count). The molecule has 1 amide bonds. The van der Waals surface area contributed by atoms with Gasteiger partial charge in [-0.3, -0.25) is 4.79 Å². The molecule has 0 saturated heterocycles. The van der Waals surface area contributed by atoms with Crippen molar-refractivity contribution in [2.45, 2.75) is 20.4 Å². The summed E-state index contributed by atoms with van der Waals surface area (Å²) in [5.41, 5.74) is 1.08. The molecular weight excluding hydrogens is 234 g/mol. The van der Waals surface area contributed by atoms with Crippen LogP contribution in [0.2, 0.25) is 0 Å². The van der Waals surface area contributed by atoms with E-state index in [1.165, 1.54) is 0 Å². The molecule has 0 unspecified atom stereocenters. The molecule has 0 bridgehead atoms. The molecule has 0 saturated carbocycles. The summed E-state index contributed by atoms with van der Waals surface area (Å²) in [6, 6.07) is 5.84. The van der Waals surface area contributed by atoms with Crippen LogP contribution in [0.4, 0.5) is 0 Å². The smallest absolute Gasteiger partial charge is 0.222 e. The van der Waals surface area contributed by atoms with Crippen molar-refractivity contribution in [1.82, 2.24) is 5.32 Å². The van der Waals surface area contributed by atoms with Crippen LogP contribution in [0.25, 0.3) is 11.3 Å². The Labute approximate surface area is 104 Å². The standard InChI is InChI=1S/C13H15NO2S/c1-9(2)13(15)14-7-11-3-4-12(16-11)10-5-6-17-8-10/h3-6,8-9H,7H2,1-2H3,(H,14,15). The molecule has 1 N–H and O–H groups in total. The molecule has 0 aliphatic heterocycles. The van der Waals surface area contributed by atoms with E-state index in [9.17, 15) is 4.79 Å². The minimum Gasteiger partial charge on any atom is -0.459 e. The Morgan fingerprint density at radius 1 is 1.41 bits per heavy atom. The van der Waals surface area contributed by atoms with Gasteiger partial charge in [0.25, 0.3) is 0 Å². The van der Waals surface area contributed by atoms with E-state index in [0.717, 1.165) is 17.1 Å². The van der Waals surface area contributed by atoms with Crippen LogP contribution in [0.15, 0.2) is 33.4 Å². The molecule has 2 aromatic heterocycles. The third-order valence-corrected chi connectivity index (χ3v) is 3.11. The lowest BCUT2D eigenvalue weighted by atomic mass is 10.2. The van der Waals surface area contributed by atoms with E-state index >= 15 is 0 Å². The number of hydrogen-bond acceptors (Lipinski definition) is 3. The van der Waals surface area contributed by atoms with Crippen molar-refractivity contribution in [1.29, 1.82) is 0 Å². The van der Waals surface area contributed by atoms with Gasteiger partial charge in [0.2, 0.25) is 5.91 Å². The monoisotopic (exact) mass is 249 g/mol. The van der Waals surface area contributed by atoms with E-state index < -0.39 is 0 Å². The van der Waals surface area contributed by atoms with Crippen LogP contribution in [0, 0.1) is 5.92 Å². The van der Waals surface area contributed by atoms with Crippen molar-refractivity contribution in [3.05, 3.63) is 34.7 Å². The van der Waals surface area contributed by atoms with E-state index in [1.54, 1.807) is 11.3 Å². The molecule has 0 atom stereocenters. The summed E-state index contributed by atoms with van der Waals surface area (Å²) in [7, 11) is 0. The van der Waals surface area contributed by atoms with Crippen molar-refractivity contribution in [3.63, 3.8) is 0 Å². The molecule has 2 aromatic rings. The Hall–Kier alpha value is -1.55. The first-order chi connectivity index (χ1) is 8.16. The van der Waals surface area contributed by atoms with Crippen LogP contribution in [-0.2, 0) is 11.3 Å². The van der Waals surface area contributed by atoms with E-state index in [0.29, 0.717) is 6.54 Å². The quantitative estimate of drug-likeness (QED) is 0.903. The van der Waals surface area contributed by atoms with Crippen molar-refractivity contribution >= 4 is 17.2 Å². The van der Waals surface area contributed by atoms with Gasteiger partial charge in [0.15, 0.2) is 0 Å². The van der Waals surface area contributed by atoms with Gasteiger partial charge < -0.3 is 9.73 Å². The van der Waals surface area contributed by atoms with Crippen LogP contribution < -0.4 is 5.32 Å². The molecule has 90 valence electrons. The van der Waals surface area contributed by atoms with Crippen LogP contribution in [0.1, 0.15) is 19.6 Å². The largest absolute Gasteiger partial charge is 0.459 e. The fourth-order valence-corrected chi connectivity index (χ4v) is 2.06. The van der Waals surface area contributed by atoms with Gasteiger partial charge >= 0.3 is 0 Å². The summed E-state index contributed by atoms with van der Waals surface area (Å²) in [6.45, 7) is 4.18. The Morgan fingerprint density at radius 2 is 2.24 bits per heavy atom. The fraction of sp³-hybridized carbons (Fsp3) is 0.308. The topological polar surface area (TPSA) is 42.2 Å². The summed E-state index contributed by atoms with van der Waals surface area (Å²) < 4.78 is 5.65. The highest BCUT2D eigenvalue weighted by Gasteiger charge is 2.08. The van der Waals surface area contributed by atoms with Gasteiger partial charge in [0.05, 0.1) is 6.54 Å². The second kappa shape index (κ2) is 5.19. The Kier molecular flexibility index (Phi) is 3.64. The molecule has 0 aliphatic carbocycles. The Morgan fingerprint density at radius 3 is 2.88 bits per heavy atom.